The van der Waals surface area contributed by atoms with Crippen molar-refractivity contribution in [2.45, 2.75) is 26.4 Å². The van der Waals surface area contributed by atoms with Crippen molar-refractivity contribution in [1.82, 2.24) is 10.3 Å². The lowest BCUT2D eigenvalue weighted by Gasteiger charge is -2.13. The van der Waals surface area contributed by atoms with Gasteiger partial charge in [0.05, 0.1) is 5.75 Å². The van der Waals surface area contributed by atoms with E-state index in [-0.39, 0.29) is 17.5 Å². The van der Waals surface area contributed by atoms with Gasteiger partial charge in [0.1, 0.15) is 0 Å². The molecule has 5 heteroatoms. The van der Waals surface area contributed by atoms with E-state index in [9.17, 15) is 8.42 Å². The van der Waals surface area contributed by atoms with Crippen LogP contribution in [0.5, 0.6) is 0 Å². The summed E-state index contributed by atoms with van der Waals surface area (Å²) in [5, 5.41) is 3.18. The Balaban J connectivity index is 2.39. The number of hydrogen-bond donors (Lipinski definition) is 1. The van der Waals surface area contributed by atoms with Crippen molar-refractivity contribution in [3.63, 3.8) is 0 Å². The standard InChI is InChI=1S/C11H18N2O2S/c1-3-16(14,15)9-10(2)13-8-11-4-6-12-7-5-11/h4-7,10,13H,3,8-9H2,1-2H3. The Hall–Kier alpha value is -0.940. The van der Waals surface area contributed by atoms with E-state index >= 15 is 0 Å². The predicted octanol–water partition coefficient (Wildman–Crippen LogP) is 0.994. The maximum atomic E-state index is 11.4. The minimum atomic E-state index is -2.90. The van der Waals surface area contributed by atoms with Gasteiger partial charge in [-0.3, -0.25) is 4.98 Å². The summed E-state index contributed by atoms with van der Waals surface area (Å²) in [6.07, 6.45) is 3.45. The zero-order valence-electron chi connectivity index (χ0n) is 9.68. The number of rotatable bonds is 6. The molecule has 1 aromatic rings. The SMILES string of the molecule is CCS(=O)(=O)CC(C)NCc1ccncc1. The molecule has 1 rings (SSSR count). The second-order valence-corrected chi connectivity index (χ2v) is 6.23. The molecule has 16 heavy (non-hydrogen) atoms. The summed E-state index contributed by atoms with van der Waals surface area (Å²) in [4.78, 5) is 3.92. The van der Waals surface area contributed by atoms with Crippen LogP contribution in [0.1, 0.15) is 19.4 Å². The van der Waals surface area contributed by atoms with E-state index in [1.54, 1.807) is 19.3 Å². The van der Waals surface area contributed by atoms with Crippen LogP contribution in [-0.4, -0.2) is 30.9 Å². The van der Waals surface area contributed by atoms with Crippen LogP contribution in [0.25, 0.3) is 0 Å². The summed E-state index contributed by atoms with van der Waals surface area (Å²) in [5.74, 6) is 0.392. The molecule has 0 amide bonds. The summed E-state index contributed by atoms with van der Waals surface area (Å²) < 4.78 is 22.7. The van der Waals surface area contributed by atoms with Crippen LogP contribution in [0.3, 0.4) is 0 Å². The molecule has 0 aliphatic heterocycles. The molecule has 0 saturated carbocycles. The first-order chi connectivity index (χ1) is 7.53. The molecule has 0 aliphatic carbocycles. The minimum Gasteiger partial charge on any atom is -0.309 e. The Kier molecular flexibility index (Phi) is 4.89. The smallest absolute Gasteiger partial charge is 0.151 e. The van der Waals surface area contributed by atoms with E-state index in [0.717, 1.165) is 5.56 Å². The van der Waals surface area contributed by atoms with Crippen LogP contribution in [-0.2, 0) is 16.4 Å². The topological polar surface area (TPSA) is 59.1 Å². The summed E-state index contributed by atoms with van der Waals surface area (Å²) in [6, 6.07) is 3.79. The monoisotopic (exact) mass is 242 g/mol. The van der Waals surface area contributed by atoms with Crippen molar-refractivity contribution in [2.75, 3.05) is 11.5 Å². The molecule has 0 bridgehead atoms. The molecule has 1 unspecified atom stereocenters. The highest BCUT2D eigenvalue weighted by Crippen LogP contribution is 1.98. The van der Waals surface area contributed by atoms with Crippen LogP contribution in [0.2, 0.25) is 0 Å². The van der Waals surface area contributed by atoms with Crippen LogP contribution in [0, 0.1) is 0 Å². The van der Waals surface area contributed by atoms with Gasteiger partial charge in [-0.05, 0) is 24.6 Å². The highest BCUT2D eigenvalue weighted by Gasteiger charge is 2.12. The zero-order chi connectivity index (χ0) is 12.0. The molecule has 1 atom stereocenters. The maximum absolute atomic E-state index is 11.4. The second-order valence-electron chi connectivity index (χ2n) is 3.84. The fourth-order valence-corrected chi connectivity index (χ4v) is 2.47. The van der Waals surface area contributed by atoms with Crippen molar-refractivity contribution < 1.29 is 8.42 Å². The van der Waals surface area contributed by atoms with Gasteiger partial charge < -0.3 is 5.32 Å². The molecular formula is C11H18N2O2S. The van der Waals surface area contributed by atoms with Crippen molar-refractivity contribution in [2.24, 2.45) is 0 Å². The molecule has 0 radical (unpaired) electrons. The van der Waals surface area contributed by atoms with Crippen molar-refractivity contribution >= 4 is 9.84 Å². The maximum Gasteiger partial charge on any atom is 0.151 e. The fourth-order valence-electron chi connectivity index (χ4n) is 1.35. The van der Waals surface area contributed by atoms with Gasteiger partial charge in [0.15, 0.2) is 9.84 Å². The third kappa shape index (κ3) is 4.72. The van der Waals surface area contributed by atoms with E-state index in [2.05, 4.69) is 10.3 Å². The Morgan fingerprint density at radius 1 is 1.38 bits per heavy atom. The lowest BCUT2D eigenvalue weighted by Crippen LogP contribution is -2.33. The number of hydrogen-bond acceptors (Lipinski definition) is 4. The number of nitrogens with one attached hydrogen (secondary N) is 1. The number of pyridine rings is 1. The van der Waals surface area contributed by atoms with Crippen molar-refractivity contribution in [3.8, 4) is 0 Å². The van der Waals surface area contributed by atoms with Gasteiger partial charge in [0, 0.05) is 30.7 Å². The van der Waals surface area contributed by atoms with Gasteiger partial charge in [0.25, 0.3) is 0 Å². The van der Waals surface area contributed by atoms with Gasteiger partial charge in [-0.2, -0.15) is 0 Å². The average molecular weight is 242 g/mol. The van der Waals surface area contributed by atoms with E-state index in [4.69, 9.17) is 0 Å². The lowest BCUT2D eigenvalue weighted by molar-refractivity contribution is 0.557. The third-order valence-corrected chi connectivity index (χ3v) is 4.24. The Labute approximate surface area is 97.0 Å². The fraction of sp³-hybridized carbons (Fsp3) is 0.545. The Bertz CT molecular complexity index is 403. The molecule has 0 fully saturated rings. The highest BCUT2D eigenvalue weighted by molar-refractivity contribution is 7.91. The van der Waals surface area contributed by atoms with Crippen molar-refractivity contribution in [1.29, 1.82) is 0 Å². The molecule has 0 saturated heterocycles. The predicted molar refractivity (Wildman–Crippen MR) is 64.9 cm³/mol. The van der Waals surface area contributed by atoms with Crippen molar-refractivity contribution in [3.05, 3.63) is 30.1 Å². The molecule has 0 spiro atoms. The second kappa shape index (κ2) is 5.96. The zero-order valence-corrected chi connectivity index (χ0v) is 10.5. The van der Waals surface area contributed by atoms with Gasteiger partial charge in [-0.15, -0.1) is 0 Å². The number of nitrogens with zero attached hydrogens (tertiary/aromatic N) is 1. The molecule has 4 nitrogen and oxygen atoms in total. The minimum absolute atomic E-state index is 0.0295. The largest absolute Gasteiger partial charge is 0.309 e. The molecule has 1 heterocycles. The van der Waals surface area contributed by atoms with Gasteiger partial charge >= 0.3 is 0 Å². The Morgan fingerprint density at radius 3 is 2.56 bits per heavy atom. The first-order valence-electron chi connectivity index (χ1n) is 5.36. The number of aromatic nitrogens is 1. The van der Waals surface area contributed by atoms with E-state index in [1.165, 1.54) is 0 Å². The highest BCUT2D eigenvalue weighted by atomic mass is 32.2. The Morgan fingerprint density at radius 2 is 2.00 bits per heavy atom. The summed E-state index contributed by atoms with van der Waals surface area (Å²) in [7, 11) is -2.90. The average Bonchev–Trinajstić information content (AvgIpc) is 2.27. The first-order valence-corrected chi connectivity index (χ1v) is 7.18. The van der Waals surface area contributed by atoms with Crippen LogP contribution >= 0.6 is 0 Å². The quantitative estimate of drug-likeness (QED) is 0.808. The lowest BCUT2D eigenvalue weighted by atomic mass is 10.2. The molecule has 1 N–H and O–H groups in total. The third-order valence-electron chi connectivity index (χ3n) is 2.35. The van der Waals surface area contributed by atoms with Gasteiger partial charge in [0.2, 0.25) is 0 Å². The van der Waals surface area contributed by atoms with E-state index in [0.29, 0.717) is 6.54 Å². The normalized spacial score (nSPS) is 13.6. The van der Waals surface area contributed by atoms with Crippen LogP contribution in [0.4, 0.5) is 0 Å². The molecule has 1 aromatic heterocycles. The van der Waals surface area contributed by atoms with Crippen LogP contribution in [0.15, 0.2) is 24.5 Å². The molecule has 0 aromatic carbocycles. The summed E-state index contributed by atoms with van der Waals surface area (Å²) in [5.41, 5.74) is 1.11. The van der Waals surface area contributed by atoms with Gasteiger partial charge in [-0.25, -0.2) is 8.42 Å². The molecular weight excluding hydrogens is 224 g/mol. The molecule has 90 valence electrons. The number of sulfone groups is 1. The van der Waals surface area contributed by atoms with E-state index in [1.807, 2.05) is 19.1 Å². The van der Waals surface area contributed by atoms with Crippen LogP contribution < -0.4 is 5.32 Å². The molecule has 0 aliphatic rings. The van der Waals surface area contributed by atoms with E-state index < -0.39 is 9.84 Å². The summed E-state index contributed by atoms with van der Waals surface area (Å²) in [6.45, 7) is 4.22. The summed E-state index contributed by atoms with van der Waals surface area (Å²) >= 11 is 0. The first kappa shape index (κ1) is 13.1. The van der Waals surface area contributed by atoms with Gasteiger partial charge in [-0.1, -0.05) is 6.92 Å².